The van der Waals surface area contributed by atoms with Crippen molar-refractivity contribution in [3.05, 3.63) is 0 Å². The second-order valence-corrected chi connectivity index (χ2v) is 4.56. The van der Waals surface area contributed by atoms with Crippen LogP contribution in [0.25, 0.3) is 0 Å². The molecule has 3 fully saturated rings. The number of rotatable bonds is 1. The average molecular weight is 211 g/mol. The number of carbonyl (C=O) groups is 2. The summed E-state index contributed by atoms with van der Waals surface area (Å²) in [5.74, 6) is -0.801. The van der Waals surface area contributed by atoms with Crippen LogP contribution in [0.3, 0.4) is 0 Å². The number of aliphatic hydroxyl groups excluding tert-OH is 1. The number of ketones is 1. The molecule has 4 atom stereocenters. The van der Waals surface area contributed by atoms with Crippen molar-refractivity contribution < 1.29 is 19.4 Å². The molecule has 5 heteroatoms. The molecule has 3 aliphatic heterocycles. The molecule has 2 bridgehead atoms. The monoisotopic (exact) mass is 211 g/mol. The van der Waals surface area contributed by atoms with Crippen LogP contribution in [0.4, 0.5) is 0 Å². The van der Waals surface area contributed by atoms with E-state index in [1.165, 1.54) is 6.92 Å². The molecule has 3 heterocycles. The quantitative estimate of drug-likeness (QED) is 0.621. The lowest BCUT2D eigenvalue weighted by atomic mass is 9.83. The van der Waals surface area contributed by atoms with E-state index in [-0.39, 0.29) is 11.7 Å². The summed E-state index contributed by atoms with van der Waals surface area (Å²) in [6, 6.07) is 0. The SMILES string of the molecule is CC(=O)[C@H]1[C@H](O)[C@H]2O[C@@]13CCCN3C2=O. The van der Waals surface area contributed by atoms with Crippen molar-refractivity contribution in [2.45, 2.75) is 37.7 Å². The normalized spacial score (nSPS) is 47.5. The molecular formula is C10H13NO4. The third-order valence-electron chi connectivity index (χ3n) is 3.79. The van der Waals surface area contributed by atoms with Crippen LogP contribution in [0.2, 0.25) is 0 Å². The number of hydrogen-bond donors (Lipinski definition) is 1. The topological polar surface area (TPSA) is 66.8 Å². The van der Waals surface area contributed by atoms with E-state index < -0.39 is 23.9 Å². The number of aliphatic hydroxyl groups is 1. The van der Waals surface area contributed by atoms with Gasteiger partial charge in [-0.25, -0.2) is 0 Å². The molecule has 0 aromatic rings. The number of ether oxygens (including phenoxy) is 1. The van der Waals surface area contributed by atoms with Gasteiger partial charge in [-0.05, 0) is 19.8 Å². The first kappa shape index (κ1) is 9.30. The number of hydrogen-bond acceptors (Lipinski definition) is 4. The van der Waals surface area contributed by atoms with Gasteiger partial charge in [0.2, 0.25) is 0 Å². The molecule has 0 aromatic heterocycles. The molecule has 1 spiro atoms. The molecule has 3 rings (SSSR count). The van der Waals surface area contributed by atoms with Gasteiger partial charge in [-0.1, -0.05) is 0 Å². The Balaban J connectivity index is 2.08. The lowest BCUT2D eigenvalue weighted by Crippen LogP contribution is -2.56. The minimum absolute atomic E-state index is 0.0931. The van der Waals surface area contributed by atoms with Crippen molar-refractivity contribution in [2.75, 3.05) is 6.54 Å². The smallest absolute Gasteiger partial charge is 0.256 e. The van der Waals surface area contributed by atoms with Gasteiger partial charge < -0.3 is 14.7 Å². The largest absolute Gasteiger partial charge is 0.389 e. The molecule has 1 N–H and O–H groups in total. The number of carbonyl (C=O) groups excluding carboxylic acids is 2. The highest BCUT2D eigenvalue weighted by Gasteiger charge is 2.70. The van der Waals surface area contributed by atoms with Gasteiger partial charge in [0, 0.05) is 6.54 Å². The molecule has 3 saturated heterocycles. The molecule has 0 radical (unpaired) electrons. The van der Waals surface area contributed by atoms with E-state index in [2.05, 4.69) is 0 Å². The highest BCUT2D eigenvalue weighted by molar-refractivity contribution is 5.91. The first-order chi connectivity index (χ1) is 7.08. The van der Waals surface area contributed by atoms with E-state index in [4.69, 9.17) is 4.74 Å². The van der Waals surface area contributed by atoms with Gasteiger partial charge in [-0.2, -0.15) is 0 Å². The summed E-state index contributed by atoms with van der Waals surface area (Å²) >= 11 is 0. The lowest BCUT2D eigenvalue weighted by Gasteiger charge is -2.36. The number of Topliss-reactive ketones (excluding diaryl/α,β-unsaturated/α-hetero) is 1. The van der Waals surface area contributed by atoms with Crippen molar-refractivity contribution in [1.82, 2.24) is 4.90 Å². The minimum atomic E-state index is -0.954. The molecule has 0 aromatic carbocycles. The second-order valence-electron chi connectivity index (χ2n) is 4.56. The Morgan fingerprint density at radius 1 is 1.67 bits per heavy atom. The summed E-state index contributed by atoms with van der Waals surface area (Å²) in [4.78, 5) is 24.9. The summed E-state index contributed by atoms with van der Waals surface area (Å²) in [5, 5.41) is 9.87. The van der Waals surface area contributed by atoms with Crippen molar-refractivity contribution in [3.63, 3.8) is 0 Å². The van der Waals surface area contributed by atoms with Gasteiger partial charge in [-0.3, -0.25) is 9.59 Å². The number of amides is 1. The van der Waals surface area contributed by atoms with Gasteiger partial charge in [0.25, 0.3) is 5.91 Å². The standard InChI is InChI=1S/C10H13NO4/c1-5(12)6-7(13)8-9(14)11-4-2-3-10(6,11)15-8/h6-8,13H,2-4H2,1H3/t6-,7-,8+,10-/m0/s1. The molecule has 0 aliphatic carbocycles. The van der Waals surface area contributed by atoms with E-state index in [0.717, 1.165) is 6.42 Å². The van der Waals surface area contributed by atoms with Crippen LogP contribution in [-0.2, 0) is 14.3 Å². The number of fused-ring (bicyclic) bond motifs is 1. The van der Waals surface area contributed by atoms with Crippen LogP contribution in [0.15, 0.2) is 0 Å². The Bertz CT molecular complexity index is 355. The second kappa shape index (κ2) is 2.59. The third kappa shape index (κ3) is 0.862. The summed E-state index contributed by atoms with van der Waals surface area (Å²) < 4.78 is 5.59. The van der Waals surface area contributed by atoms with E-state index in [9.17, 15) is 14.7 Å². The van der Waals surface area contributed by atoms with Gasteiger partial charge >= 0.3 is 0 Å². The van der Waals surface area contributed by atoms with Crippen LogP contribution in [0.1, 0.15) is 19.8 Å². The highest BCUT2D eigenvalue weighted by Crippen LogP contribution is 2.52. The first-order valence-electron chi connectivity index (χ1n) is 5.26. The van der Waals surface area contributed by atoms with E-state index >= 15 is 0 Å². The predicted octanol–water partition coefficient (Wildman–Crippen LogP) is -0.716. The van der Waals surface area contributed by atoms with Gasteiger partial charge in [0.15, 0.2) is 11.8 Å². The van der Waals surface area contributed by atoms with Crippen LogP contribution in [-0.4, -0.2) is 46.2 Å². The maximum atomic E-state index is 11.8. The Morgan fingerprint density at radius 2 is 2.40 bits per heavy atom. The fourth-order valence-electron chi connectivity index (χ4n) is 3.27. The molecular weight excluding hydrogens is 198 g/mol. The van der Waals surface area contributed by atoms with Crippen molar-refractivity contribution in [2.24, 2.45) is 5.92 Å². The molecule has 0 unspecified atom stereocenters. The van der Waals surface area contributed by atoms with Crippen molar-refractivity contribution in [1.29, 1.82) is 0 Å². The molecule has 0 saturated carbocycles. The van der Waals surface area contributed by atoms with Crippen LogP contribution in [0, 0.1) is 5.92 Å². The molecule has 5 nitrogen and oxygen atoms in total. The first-order valence-corrected chi connectivity index (χ1v) is 5.26. The van der Waals surface area contributed by atoms with Gasteiger partial charge in [0.05, 0.1) is 5.92 Å². The number of piperidine rings is 1. The van der Waals surface area contributed by atoms with Gasteiger partial charge in [-0.15, -0.1) is 0 Å². The molecule has 1 amide bonds. The fourth-order valence-corrected chi connectivity index (χ4v) is 3.27. The van der Waals surface area contributed by atoms with Crippen LogP contribution >= 0.6 is 0 Å². The Morgan fingerprint density at radius 3 is 3.07 bits per heavy atom. The Hall–Kier alpha value is -0.940. The summed E-state index contributed by atoms with van der Waals surface area (Å²) in [6.07, 6.45) is -0.255. The summed E-state index contributed by atoms with van der Waals surface area (Å²) in [5.41, 5.74) is -0.812. The zero-order valence-corrected chi connectivity index (χ0v) is 8.47. The average Bonchev–Trinajstić information content (AvgIpc) is 2.74. The fraction of sp³-hybridized carbons (Fsp3) is 0.800. The molecule has 82 valence electrons. The lowest BCUT2D eigenvalue weighted by molar-refractivity contribution is -0.147. The zero-order valence-electron chi connectivity index (χ0n) is 8.47. The summed E-state index contributed by atoms with van der Waals surface area (Å²) in [6.45, 7) is 2.10. The van der Waals surface area contributed by atoms with Crippen LogP contribution < -0.4 is 0 Å². The predicted molar refractivity (Wildman–Crippen MR) is 48.7 cm³/mol. The molecule has 15 heavy (non-hydrogen) atoms. The van der Waals surface area contributed by atoms with Crippen molar-refractivity contribution in [3.8, 4) is 0 Å². The van der Waals surface area contributed by atoms with Crippen molar-refractivity contribution >= 4 is 11.7 Å². The third-order valence-corrected chi connectivity index (χ3v) is 3.79. The van der Waals surface area contributed by atoms with E-state index in [1.807, 2.05) is 0 Å². The molecule has 3 aliphatic rings. The number of nitrogens with zero attached hydrogens (tertiary/aromatic N) is 1. The van der Waals surface area contributed by atoms with Gasteiger partial charge in [0.1, 0.15) is 11.9 Å². The van der Waals surface area contributed by atoms with E-state index in [1.54, 1.807) is 4.90 Å². The van der Waals surface area contributed by atoms with E-state index in [0.29, 0.717) is 13.0 Å². The maximum absolute atomic E-state index is 11.8. The Labute approximate surface area is 87.0 Å². The summed E-state index contributed by atoms with van der Waals surface area (Å²) in [7, 11) is 0. The highest BCUT2D eigenvalue weighted by atomic mass is 16.6. The zero-order chi connectivity index (χ0) is 10.8. The van der Waals surface area contributed by atoms with Crippen LogP contribution in [0.5, 0.6) is 0 Å². The minimum Gasteiger partial charge on any atom is -0.389 e. The maximum Gasteiger partial charge on any atom is 0.256 e. The Kier molecular flexibility index (Phi) is 1.61.